The molecular weight excluding hydrogens is 180 g/mol. The molecule has 1 unspecified atom stereocenters. The molecule has 0 aliphatic carbocycles. The summed E-state index contributed by atoms with van der Waals surface area (Å²) in [5, 5.41) is 0.598. The van der Waals surface area contributed by atoms with Crippen molar-refractivity contribution in [2.24, 2.45) is 5.73 Å². The largest absolute Gasteiger partial charge is 0.376 e. The van der Waals surface area contributed by atoms with Crippen LogP contribution in [0.25, 0.3) is 0 Å². The molecule has 2 nitrogen and oxygen atoms in total. The fraction of sp³-hybridized carbons (Fsp3) is 0.900. The standard InChI is InChI=1S/C10H20N2S/c1-2-3-6-9-7-4-5-8-12(9)10(11)13/h9H,2-8H2,1H3,(H2,11,13). The second kappa shape index (κ2) is 5.43. The molecule has 1 saturated heterocycles. The van der Waals surface area contributed by atoms with Crippen LogP contribution in [0.1, 0.15) is 45.4 Å². The van der Waals surface area contributed by atoms with Gasteiger partial charge in [0.05, 0.1) is 0 Å². The highest BCUT2D eigenvalue weighted by Crippen LogP contribution is 2.20. The molecule has 0 saturated carbocycles. The third kappa shape index (κ3) is 3.14. The lowest BCUT2D eigenvalue weighted by Gasteiger charge is -2.36. The van der Waals surface area contributed by atoms with E-state index in [1.807, 2.05) is 0 Å². The third-order valence-corrected chi connectivity index (χ3v) is 3.04. The molecular formula is C10H20N2S. The van der Waals surface area contributed by atoms with Crippen LogP contribution in [0.4, 0.5) is 0 Å². The Morgan fingerprint density at radius 2 is 2.31 bits per heavy atom. The van der Waals surface area contributed by atoms with Gasteiger partial charge in [-0.05, 0) is 37.9 Å². The lowest BCUT2D eigenvalue weighted by molar-refractivity contribution is 0.228. The van der Waals surface area contributed by atoms with E-state index in [0.29, 0.717) is 11.2 Å². The molecule has 0 aromatic carbocycles. The zero-order chi connectivity index (χ0) is 9.68. The van der Waals surface area contributed by atoms with Crippen LogP contribution in [0.5, 0.6) is 0 Å². The van der Waals surface area contributed by atoms with Gasteiger partial charge in [0, 0.05) is 12.6 Å². The van der Waals surface area contributed by atoms with Crippen LogP contribution in [0.15, 0.2) is 0 Å². The average molecular weight is 200 g/mol. The van der Waals surface area contributed by atoms with Gasteiger partial charge in [-0.2, -0.15) is 0 Å². The maximum atomic E-state index is 5.69. The van der Waals surface area contributed by atoms with E-state index in [-0.39, 0.29) is 0 Å². The van der Waals surface area contributed by atoms with Gasteiger partial charge in [-0.3, -0.25) is 0 Å². The zero-order valence-corrected chi connectivity index (χ0v) is 9.28. The van der Waals surface area contributed by atoms with Crippen molar-refractivity contribution in [3.8, 4) is 0 Å². The minimum atomic E-state index is 0.598. The van der Waals surface area contributed by atoms with Crippen molar-refractivity contribution in [1.29, 1.82) is 0 Å². The molecule has 1 rings (SSSR count). The van der Waals surface area contributed by atoms with Crippen LogP contribution in [-0.2, 0) is 0 Å². The normalized spacial score (nSPS) is 23.2. The summed E-state index contributed by atoms with van der Waals surface area (Å²) in [5.41, 5.74) is 5.69. The Hall–Kier alpha value is -0.310. The number of nitrogens with two attached hydrogens (primary N) is 1. The van der Waals surface area contributed by atoms with Gasteiger partial charge in [-0.25, -0.2) is 0 Å². The smallest absolute Gasteiger partial charge is 0.166 e. The molecule has 76 valence electrons. The van der Waals surface area contributed by atoms with Gasteiger partial charge in [0.15, 0.2) is 5.11 Å². The maximum Gasteiger partial charge on any atom is 0.166 e. The van der Waals surface area contributed by atoms with E-state index < -0.39 is 0 Å². The fourth-order valence-electron chi connectivity index (χ4n) is 2.03. The number of rotatable bonds is 3. The van der Waals surface area contributed by atoms with E-state index in [0.717, 1.165) is 6.54 Å². The number of piperidine rings is 1. The molecule has 0 spiro atoms. The van der Waals surface area contributed by atoms with Crippen LogP contribution < -0.4 is 5.73 Å². The van der Waals surface area contributed by atoms with E-state index in [1.54, 1.807) is 0 Å². The van der Waals surface area contributed by atoms with E-state index in [4.69, 9.17) is 18.0 Å². The maximum absolute atomic E-state index is 5.69. The Balaban J connectivity index is 2.41. The highest BCUT2D eigenvalue weighted by molar-refractivity contribution is 7.80. The first-order valence-corrected chi connectivity index (χ1v) is 5.72. The molecule has 1 fully saturated rings. The van der Waals surface area contributed by atoms with Crippen LogP contribution in [0, 0.1) is 0 Å². The summed E-state index contributed by atoms with van der Waals surface area (Å²) < 4.78 is 0. The molecule has 0 radical (unpaired) electrons. The molecule has 0 aromatic heterocycles. The molecule has 3 heteroatoms. The van der Waals surface area contributed by atoms with E-state index in [1.165, 1.54) is 38.5 Å². The Labute approximate surface area is 86.5 Å². The van der Waals surface area contributed by atoms with Crippen LogP contribution in [-0.4, -0.2) is 22.6 Å². The summed E-state index contributed by atoms with van der Waals surface area (Å²) in [6, 6.07) is 0.631. The first-order valence-electron chi connectivity index (χ1n) is 5.31. The van der Waals surface area contributed by atoms with Gasteiger partial charge < -0.3 is 10.6 Å². The molecule has 1 aliphatic heterocycles. The van der Waals surface area contributed by atoms with Crippen molar-refractivity contribution in [1.82, 2.24) is 4.90 Å². The summed E-state index contributed by atoms with van der Waals surface area (Å²) in [4.78, 5) is 2.22. The quantitative estimate of drug-likeness (QED) is 0.709. The molecule has 0 bridgehead atoms. The summed E-state index contributed by atoms with van der Waals surface area (Å²) in [6.07, 6.45) is 7.68. The van der Waals surface area contributed by atoms with Gasteiger partial charge in [-0.1, -0.05) is 19.8 Å². The summed E-state index contributed by atoms with van der Waals surface area (Å²) in [7, 11) is 0. The summed E-state index contributed by atoms with van der Waals surface area (Å²) in [5.74, 6) is 0. The third-order valence-electron chi connectivity index (χ3n) is 2.80. The minimum Gasteiger partial charge on any atom is -0.376 e. The van der Waals surface area contributed by atoms with Gasteiger partial charge in [0.2, 0.25) is 0 Å². The van der Waals surface area contributed by atoms with Gasteiger partial charge in [0.1, 0.15) is 0 Å². The molecule has 0 amide bonds. The Kier molecular flexibility index (Phi) is 4.50. The SMILES string of the molecule is CCCCC1CCCCN1C(N)=S. The van der Waals surface area contributed by atoms with Gasteiger partial charge in [-0.15, -0.1) is 0 Å². The highest BCUT2D eigenvalue weighted by Gasteiger charge is 2.21. The highest BCUT2D eigenvalue weighted by atomic mass is 32.1. The van der Waals surface area contributed by atoms with Crippen LogP contribution in [0.3, 0.4) is 0 Å². The predicted octanol–water partition coefficient (Wildman–Crippen LogP) is 2.27. The Bertz CT molecular complexity index is 170. The van der Waals surface area contributed by atoms with Crippen molar-refractivity contribution in [3.63, 3.8) is 0 Å². The fourth-order valence-corrected chi connectivity index (χ4v) is 2.27. The lowest BCUT2D eigenvalue weighted by Crippen LogP contribution is -2.46. The van der Waals surface area contributed by atoms with Gasteiger partial charge in [0.25, 0.3) is 0 Å². The molecule has 1 aliphatic rings. The first-order chi connectivity index (χ1) is 6.25. The second-order valence-electron chi connectivity index (χ2n) is 3.82. The van der Waals surface area contributed by atoms with E-state index >= 15 is 0 Å². The summed E-state index contributed by atoms with van der Waals surface area (Å²) >= 11 is 5.05. The molecule has 1 atom stereocenters. The number of hydrogen-bond acceptors (Lipinski definition) is 1. The number of likely N-dealkylation sites (tertiary alicyclic amines) is 1. The number of hydrogen-bond donors (Lipinski definition) is 1. The molecule has 13 heavy (non-hydrogen) atoms. The number of nitrogens with zero attached hydrogens (tertiary/aromatic N) is 1. The van der Waals surface area contributed by atoms with E-state index in [9.17, 15) is 0 Å². The van der Waals surface area contributed by atoms with Crippen LogP contribution >= 0.6 is 12.2 Å². The Morgan fingerprint density at radius 3 is 2.92 bits per heavy atom. The number of unbranched alkanes of at least 4 members (excludes halogenated alkanes) is 1. The van der Waals surface area contributed by atoms with Crippen molar-refractivity contribution >= 4 is 17.3 Å². The predicted molar refractivity (Wildman–Crippen MR) is 60.7 cm³/mol. The summed E-state index contributed by atoms with van der Waals surface area (Å²) in [6.45, 7) is 3.30. The monoisotopic (exact) mass is 200 g/mol. The molecule has 1 heterocycles. The second-order valence-corrected chi connectivity index (χ2v) is 4.24. The molecule has 2 N–H and O–H groups in total. The van der Waals surface area contributed by atoms with E-state index in [2.05, 4.69) is 11.8 Å². The average Bonchev–Trinajstić information content (AvgIpc) is 2.15. The zero-order valence-electron chi connectivity index (χ0n) is 8.46. The van der Waals surface area contributed by atoms with Crippen molar-refractivity contribution in [2.45, 2.75) is 51.5 Å². The van der Waals surface area contributed by atoms with Crippen molar-refractivity contribution in [3.05, 3.63) is 0 Å². The lowest BCUT2D eigenvalue weighted by atomic mass is 9.98. The topological polar surface area (TPSA) is 29.3 Å². The number of thiocarbonyl (C=S) groups is 1. The van der Waals surface area contributed by atoms with Crippen LogP contribution in [0.2, 0.25) is 0 Å². The first kappa shape index (κ1) is 10.8. The Morgan fingerprint density at radius 1 is 1.54 bits per heavy atom. The van der Waals surface area contributed by atoms with Crippen molar-refractivity contribution in [2.75, 3.05) is 6.54 Å². The van der Waals surface area contributed by atoms with Crippen molar-refractivity contribution < 1.29 is 0 Å². The van der Waals surface area contributed by atoms with Gasteiger partial charge >= 0.3 is 0 Å². The minimum absolute atomic E-state index is 0.598. The molecule has 0 aromatic rings.